The van der Waals surface area contributed by atoms with Gasteiger partial charge in [0.1, 0.15) is 5.60 Å². The van der Waals surface area contributed by atoms with Crippen LogP contribution in [0, 0.1) is 0 Å². The fourth-order valence-electron chi connectivity index (χ4n) is 3.06. The number of carbonyl (C=O) groups excluding carboxylic acids is 1. The Hall–Kier alpha value is -1.61. The van der Waals surface area contributed by atoms with Gasteiger partial charge in [-0.1, -0.05) is 0 Å². The summed E-state index contributed by atoms with van der Waals surface area (Å²) in [5, 5.41) is 4.24. The Kier molecular flexibility index (Phi) is 3.88. The lowest BCUT2D eigenvalue weighted by Crippen LogP contribution is -2.48. The summed E-state index contributed by atoms with van der Waals surface area (Å²) in [6.07, 6.45) is 2.36. The highest BCUT2D eigenvalue weighted by Gasteiger charge is 2.47. The largest absolute Gasteiger partial charge is 0.441 e. The van der Waals surface area contributed by atoms with Crippen molar-refractivity contribution in [3.05, 3.63) is 12.3 Å². The van der Waals surface area contributed by atoms with E-state index in [-0.39, 0.29) is 17.2 Å². The number of carbonyl (C=O) groups is 1. The molecule has 1 spiro atoms. The predicted molar refractivity (Wildman–Crippen MR) is 82.4 cm³/mol. The third-order valence-corrected chi connectivity index (χ3v) is 6.28. The van der Waals surface area contributed by atoms with Gasteiger partial charge >= 0.3 is 6.09 Å². The Morgan fingerprint density at radius 2 is 1.96 bits per heavy atom. The second-order valence-corrected chi connectivity index (χ2v) is 8.42. The molecule has 2 fully saturated rings. The summed E-state index contributed by atoms with van der Waals surface area (Å²) in [5.74, 6) is 0. The van der Waals surface area contributed by atoms with Crippen molar-refractivity contribution in [3.63, 3.8) is 0 Å². The maximum absolute atomic E-state index is 12.7. The molecule has 0 saturated carbocycles. The van der Waals surface area contributed by atoms with Gasteiger partial charge in [0, 0.05) is 45.2 Å². The van der Waals surface area contributed by atoms with Crippen LogP contribution in [0.5, 0.6) is 0 Å². The molecule has 0 aliphatic carbocycles. The summed E-state index contributed by atoms with van der Waals surface area (Å²) in [6.45, 7) is 5.07. The number of hydrogen-bond acceptors (Lipinski definition) is 5. The number of aromatic nitrogens is 2. The molecule has 2 aliphatic rings. The zero-order valence-electron chi connectivity index (χ0n) is 13.6. The summed E-state index contributed by atoms with van der Waals surface area (Å²) in [6, 6.07) is 1.64. The lowest BCUT2D eigenvalue weighted by atomic mass is 9.92. The van der Waals surface area contributed by atoms with E-state index in [1.165, 1.54) is 15.3 Å². The zero-order valence-corrected chi connectivity index (χ0v) is 14.4. The molecule has 1 aromatic rings. The number of sulfonamides is 1. The molecule has 23 heavy (non-hydrogen) atoms. The number of rotatable bonds is 3. The summed E-state index contributed by atoms with van der Waals surface area (Å²) >= 11 is 0. The maximum Gasteiger partial charge on any atom is 0.410 e. The molecule has 128 valence electrons. The van der Waals surface area contributed by atoms with Crippen molar-refractivity contribution in [3.8, 4) is 0 Å². The van der Waals surface area contributed by atoms with Crippen LogP contribution in [0.15, 0.2) is 17.3 Å². The molecule has 0 N–H and O–H groups in total. The van der Waals surface area contributed by atoms with E-state index >= 15 is 0 Å². The molecule has 3 rings (SSSR count). The molecule has 0 unspecified atom stereocenters. The molecular weight excluding hydrogens is 320 g/mol. The van der Waals surface area contributed by atoms with Crippen LogP contribution < -0.4 is 0 Å². The topological polar surface area (TPSA) is 84.7 Å². The Balaban J connectivity index is 1.72. The van der Waals surface area contributed by atoms with Gasteiger partial charge in [-0.3, -0.25) is 4.68 Å². The molecule has 2 saturated heterocycles. The number of likely N-dealkylation sites (N-methyl/N-ethyl adjacent to an activating group) is 1. The van der Waals surface area contributed by atoms with Crippen LogP contribution in [0.25, 0.3) is 0 Å². The molecule has 3 heterocycles. The molecular formula is C14H22N4O4S. The van der Waals surface area contributed by atoms with Crippen LogP contribution in [0.4, 0.5) is 4.79 Å². The van der Waals surface area contributed by atoms with Crippen molar-refractivity contribution >= 4 is 16.1 Å². The highest BCUT2D eigenvalue weighted by molar-refractivity contribution is 7.89. The predicted octanol–water partition coefficient (Wildman–Crippen LogP) is 1.07. The van der Waals surface area contributed by atoms with Crippen LogP contribution in [-0.4, -0.2) is 65.8 Å². The van der Waals surface area contributed by atoms with Crippen molar-refractivity contribution in [2.45, 2.75) is 43.4 Å². The van der Waals surface area contributed by atoms with Crippen LogP contribution in [0.1, 0.15) is 32.7 Å². The van der Waals surface area contributed by atoms with Gasteiger partial charge in [0.15, 0.2) is 5.03 Å². The average molecular weight is 342 g/mol. The SMILES string of the molecule is CC(C)n1ccc(S(=O)(=O)N2CCC3(CC2)CN(C)C(=O)O3)n1. The van der Waals surface area contributed by atoms with Crippen molar-refractivity contribution in [1.29, 1.82) is 0 Å². The molecule has 2 aliphatic heterocycles. The van der Waals surface area contributed by atoms with E-state index in [1.807, 2.05) is 13.8 Å². The minimum atomic E-state index is -3.60. The van der Waals surface area contributed by atoms with Crippen LogP contribution in [0.3, 0.4) is 0 Å². The van der Waals surface area contributed by atoms with Crippen molar-refractivity contribution < 1.29 is 17.9 Å². The third-order valence-electron chi connectivity index (χ3n) is 4.49. The molecule has 0 atom stereocenters. The van der Waals surface area contributed by atoms with Gasteiger partial charge in [-0.15, -0.1) is 0 Å². The van der Waals surface area contributed by atoms with Gasteiger partial charge in [-0.25, -0.2) is 13.2 Å². The lowest BCUT2D eigenvalue weighted by molar-refractivity contribution is 0.0172. The fraction of sp³-hybridized carbons (Fsp3) is 0.714. The van der Waals surface area contributed by atoms with E-state index in [1.54, 1.807) is 17.9 Å². The summed E-state index contributed by atoms with van der Waals surface area (Å²) in [4.78, 5) is 13.1. The van der Waals surface area contributed by atoms with Crippen LogP contribution in [0.2, 0.25) is 0 Å². The summed E-state index contributed by atoms with van der Waals surface area (Å²) < 4.78 is 33.9. The minimum absolute atomic E-state index is 0.0719. The van der Waals surface area contributed by atoms with Crippen molar-refractivity contribution in [2.24, 2.45) is 0 Å². The van der Waals surface area contributed by atoms with Crippen LogP contribution >= 0.6 is 0 Å². The first-order valence-electron chi connectivity index (χ1n) is 7.73. The second-order valence-electron chi connectivity index (χ2n) is 6.54. The van der Waals surface area contributed by atoms with E-state index < -0.39 is 15.6 Å². The number of ether oxygens (including phenoxy) is 1. The molecule has 1 amide bonds. The number of amides is 1. The first kappa shape index (κ1) is 16.3. The third kappa shape index (κ3) is 2.83. The van der Waals surface area contributed by atoms with Gasteiger partial charge in [-0.2, -0.15) is 9.40 Å². The standard InChI is InChI=1S/C14H22N4O4S/c1-11(2)18-7-4-12(15-18)23(20,21)17-8-5-14(6-9-17)10-16(3)13(19)22-14/h4,7,11H,5-6,8-10H2,1-3H3. The molecule has 0 radical (unpaired) electrons. The fourth-order valence-corrected chi connectivity index (χ4v) is 4.42. The minimum Gasteiger partial charge on any atom is -0.441 e. The van der Waals surface area contributed by atoms with E-state index in [9.17, 15) is 13.2 Å². The highest BCUT2D eigenvalue weighted by atomic mass is 32.2. The monoisotopic (exact) mass is 342 g/mol. The van der Waals surface area contributed by atoms with Gasteiger partial charge in [0.25, 0.3) is 10.0 Å². The molecule has 1 aromatic heterocycles. The first-order chi connectivity index (χ1) is 10.7. The van der Waals surface area contributed by atoms with Crippen molar-refractivity contribution in [1.82, 2.24) is 19.0 Å². The zero-order chi connectivity index (χ0) is 16.8. The van der Waals surface area contributed by atoms with Gasteiger partial charge in [0.05, 0.1) is 6.54 Å². The van der Waals surface area contributed by atoms with E-state index in [0.29, 0.717) is 32.5 Å². The maximum atomic E-state index is 12.7. The first-order valence-corrected chi connectivity index (χ1v) is 9.17. The van der Waals surface area contributed by atoms with Gasteiger partial charge in [0.2, 0.25) is 0 Å². The smallest absolute Gasteiger partial charge is 0.410 e. The molecule has 8 nitrogen and oxygen atoms in total. The normalized spacial score (nSPS) is 22.1. The number of piperidine rings is 1. The van der Waals surface area contributed by atoms with E-state index in [2.05, 4.69) is 5.10 Å². The summed E-state index contributed by atoms with van der Waals surface area (Å²) in [7, 11) is -1.91. The Morgan fingerprint density at radius 1 is 1.30 bits per heavy atom. The van der Waals surface area contributed by atoms with Crippen LogP contribution in [-0.2, 0) is 14.8 Å². The number of nitrogens with zero attached hydrogens (tertiary/aromatic N) is 4. The Labute approximate surface area is 136 Å². The second kappa shape index (κ2) is 5.48. The molecule has 0 bridgehead atoms. The average Bonchev–Trinajstić information content (AvgIpc) is 3.06. The van der Waals surface area contributed by atoms with E-state index in [0.717, 1.165) is 0 Å². The van der Waals surface area contributed by atoms with E-state index in [4.69, 9.17) is 4.74 Å². The lowest BCUT2D eigenvalue weighted by Gasteiger charge is -2.36. The number of hydrogen-bond donors (Lipinski definition) is 0. The quantitative estimate of drug-likeness (QED) is 0.820. The Morgan fingerprint density at radius 3 is 2.43 bits per heavy atom. The van der Waals surface area contributed by atoms with Gasteiger partial charge in [-0.05, 0) is 19.9 Å². The Bertz CT molecular complexity index is 704. The molecule has 0 aromatic carbocycles. The summed E-state index contributed by atoms with van der Waals surface area (Å²) in [5.41, 5.74) is -0.546. The molecule has 9 heteroatoms. The highest BCUT2D eigenvalue weighted by Crippen LogP contribution is 2.34. The van der Waals surface area contributed by atoms with Crippen molar-refractivity contribution in [2.75, 3.05) is 26.7 Å². The van der Waals surface area contributed by atoms with Gasteiger partial charge < -0.3 is 9.64 Å².